The van der Waals surface area contributed by atoms with Crippen molar-refractivity contribution in [1.82, 2.24) is 24.1 Å². The number of rotatable bonds is 5. The first-order valence-electron chi connectivity index (χ1n) is 11.2. The minimum Gasteiger partial charge on any atom is -0.457 e. The van der Waals surface area contributed by atoms with Gasteiger partial charge >= 0.3 is 0 Å². The molecule has 182 valence electrons. The third-order valence-electron chi connectivity index (χ3n) is 5.88. The Morgan fingerprint density at radius 3 is 2.38 bits per heavy atom. The number of hydrogen-bond acceptors (Lipinski definition) is 5. The summed E-state index contributed by atoms with van der Waals surface area (Å²) in [5, 5.41) is 4.70. The quantitative estimate of drug-likeness (QED) is 0.319. The summed E-state index contributed by atoms with van der Waals surface area (Å²) in [5.41, 5.74) is 1.91. The summed E-state index contributed by atoms with van der Waals surface area (Å²) in [4.78, 5) is 20.5. The van der Waals surface area contributed by atoms with Crippen molar-refractivity contribution in [2.24, 2.45) is 0 Å². The SMILES string of the molecule is O=c1ncn(Cc2c(F)cc(F)cc2F)c2ccc(Oc3ccc(-c4cc5ncccn5n4)cc3)cc12. The van der Waals surface area contributed by atoms with Gasteiger partial charge in [0.25, 0.3) is 5.56 Å². The molecule has 6 rings (SSSR count). The summed E-state index contributed by atoms with van der Waals surface area (Å²) in [5.74, 6) is -2.13. The van der Waals surface area contributed by atoms with E-state index >= 15 is 0 Å². The Labute approximate surface area is 207 Å². The molecule has 0 amide bonds. The zero-order valence-electron chi connectivity index (χ0n) is 19.0. The van der Waals surface area contributed by atoms with Crippen LogP contribution in [0.3, 0.4) is 0 Å². The Morgan fingerprint density at radius 2 is 1.62 bits per heavy atom. The molecule has 0 aliphatic heterocycles. The van der Waals surface area contributed by atoms with Crippen molar-refractivity contribution in [3.05, 3.63) is 119 Å². The number of benzene rings is 3. The van der Waals surface area contributed by atoms with E-state index in [1.54, 1.807) is 41.0 Å². The second kappa shape index (κ2) is 8.90. The lowest BCUT2D eigenvalue weighted by Crippen LogP contribution is -2.14. The Hall–Kier alpha value is -4.99. The maximum atomic E-state index is 14.2. The molecule has 0 bridgehead atoms. The second-order valence-electron chi connectivity index (χ2n) is 8.28. The highest BCUT2D eigenvalue weighted by Crippen LogP contribution is 2.28. The highest BCUT2D eigenvalue weighted by molar-refractivity contribution is 5.79. The molecule has 6 aromatic rings. The van der Waals surface area contributed by atoms with Gasteiger partial charge in [0.15, 0.2) is 5.65 Å². The molecule has 0 radical (unpaired) electrons. The molecule has 7 nitrogen and oxygen atoms in total. The Bertz CT molecular complexity index is 1790. The molecule has 37 heavy (non-hydrogen) atoms. The van der Waals surface area contributed by atoms with E-state index in [9.17, 15) is 18.0 Å². The van der Waals surface area contributed by atoms with Crippen molar-refractivity contribution >= 4 is 16.6 Å². The number of fused-ring (bicyclic) bond motifs is 2. The molecule has 0 atom stereocenters. The second-order valence-corrected chi connectivity index (χ2v) is 8.28. The van der Waals surface area contributed by atoms with Crippen molar-refractivity contribution in [3.63, 3.8) is 0 Å². The predicted octanol–water partition coefficient (Wildman–Crippen LogP) is 5.36. The van der Waals surface area contributed by atoms with Crippen molar-refractivity contribution in [2.45, 2.75) is 6.54 Å². The van der Waals surface area contributed by atoms with Gasteiger partial charge in [-0.3, -0.25) is 4.79 Å². The molecule has 10 heteroatoms. The number of aromatic nitrogens is 5. The predicted molar refractivity (Wildman–Crippen MR) is 130 cm³/mol. The fourth-order valence-corrected chi connectivity index (χ4v) is 4.07. The highest BCUT2D eigenvalue weighted by Gasteiger charge is 2.14. The van der Waals surface area contributed by atoms with E-state index in [-0.39, 0.29) is 17.5 Å². The number of hydrogen-bond donors (Lipinski definition) is 0. The van der Waals surface area contributed by atoms with E-state index in [0.717, 1.165) is 16.9 Å². The smallest absolute Gasteiger partial charge is 0.280 e. The van der Waals surface area contributed by atoms with Crippen LogP contribution in [-0.4, -0.2) is 24.1 Å². The number of halogens is 3. The lowest BCUT2D eigenvalue weighted by atomic mass is 10.1. The molecule has 0 aliphatic carbocycles. The van der Waals surface area contributed by atoms with E-state index < -0.39 is 23.0 Å². The van der Waals surface area contributed by atoms with Crippen LogP contribution in [0.25, 0.3) is 27.8 Å². The summed E-state index contributed by atoms with van der Waals surface area (Å²) in [6, 6.07) is 16.9. The first-order valence-corrected chi connectivity index (χ1v) is 11.2. The van der Waals surface area contributed by atoms with Crippen LogP contribution < -0.4 is 10.3 Å². The van der Waals surface area contributed by atoms with Crippen LogP contribution in [0, 0.1) is 17.5 Å². The maximum Gasteiger partial charge on any atom is 0.280 e. The van der Waals surface area contributed by atoms with Gasteiger partial charge in [-0.1, -0.05) is 0 Å². The lowest BCUT2D eigenvalue weighted by Gasteiger charge is -2.13. The lowest BCUT2D eigenvalue weighted by molar-refractivity contribution is 0.483. The zero-order valence-corrected chi connectivity index (χ0v) is 19.0. The fourth-order valence-electron chi connectivity index (χ4n) is 4.07. The summed E-state index contributed by atoms with van der Waals surface area (Å²) in [6.07, 6.45) is 4.71. The number of ether oxygens (including phenoxy) is 1. The molecule has 0 saturated carbocycles. The molecular weight excluding hydrogens is 483 g/mol. The molecule has 3 aromatic heterocycles. The largest absolute Gasteiger partial charge is 0.457 e. The van der Waals surface area contributed by atoms with Crippen LogP contribution in [0.1, 0.15) is 5.56 Å². The molecule has 0 saturated heterocycles. The summed E-state index contributed by atoms with van der Waals surface area (Å²) in [7, 11) is 0. The standard InChI is InChI=1S/C27H16F3N5O2/c28-17-10-22(29)21(23(30)11-17)14-34-15-32-27(36)20-12-19(6-7-25(20)34)37-18-4-2-16(3-5-18)24-13-26-31-8-1-9-35(26)33-24/h1-13,15H,14H2. The Kier molecular flexibility index (Phi) is 5.41. The Morgan fingerprint density at radius 1 is 0.865 bits per heavy atom. The first-order chi connectivity index (χ1) is 17.9. The minimum absolute atomic E-state index is 0.205. The van der Waals surface area contributed by atoms with Crippen LogP contribution in [0.5, 0.6) is 11.5 Å². The highest BCUT2D eigenvalue weighted by atomic mass is 19.1. The van der Waals surface area contributed by atoms with Crippen molar-refractivity contribution in [3.8, 4) is 22.8 Å². The third-order valence-corrected chi connectivity index (χ3v) is 5.88. The van der Waals surface area contributed by atoms with Gasteiger partial charge in [0.05, 0.1) is 29.5 Å². The van der Waals surface area contributed by atoms with Crippen LogP contribution in [0.2, 0.25) is 0 Å². The monoisotopic (exact) mass is 499 g/mol. The minimum atomic E-state index is -1.02. The average molecular weight is 499 g/mol. The topological polar surface area (TPSA) is 74.3 Å². The van der Waals surface area contributed by atoms with Crippen molar-refractivity contribution in [1.29, 1.82) is 0 Å². The van der Waals surface area contributed by atoms with E-state index in [2.05, 4.69) is 15.1 Å². The van der Waals surface area contributed by atoms with Crippen LogP contribution in [0.15, 0.2) is 90.2 Å². The molecule has 0 aliphatic rings. The van der Waals surface area contributed by atoms with E-state index in [1.165, 1.54) is 17.0 Å². The van der Waals surface area contributed by atoms with Crippen molar-refractivity contribution < 1.29 is 17.9 Å². The molecule has 0 spiro atoms. The molecule has 3 aromatic carbocycles. The summed E-state index contributed by atoms with van der Waals surface area (Å²) >= 11 is 0. The van der Waals surface area contributed by atoms with Gasteiger partial charge in [-0.05, 0) is 48.5 Å². The van der Waals surface area contributed by atoms with Crippen molar-refractivity contribution in [2.75, 3.05) is 0 Å². The van der Waals surface area contributed by atoms with E-state index in [0.29, 0.717) is 29.1 Å². The molecule has 0 N–H and O–H groups in total. The van der Waals surface area contributed by atoms with Crippen LogP contribution >= 0.6 is 0 Å². The fraction of sp³-hybridized carbons (Fsp3) is 0.0370. The van der Waals surface area contributed by atoms with E-state index in [1.807, 2.05) is 24.4 Å². The third kappa shape index (κ3) is 4.29. The van der Waals surface area contributed by atoms with Gasteiger partial charge in [0, 0.05) is 41.7 Å². The van der Waals surface area contributed by atoms with Gasteiger partial charge in [0.1, 0.15) is 29.0 Å². The van der Waals surface area contributed by atoms with Gasteiger partial charge in [0.2, 0.25) is 0 Å². The van der Waals surface area contributed by atoms with Gasteiger partial charge in [-0.15, -0.1) is 0 Å². The van der Waals surface area contributed by atoms with Gasteiger partial charge < -0.3 is 9.30 Å². The molecule has 3 heterocycles. The van der Waals surface area contributed by atoms with E-state index in [4.69, 9.17) is 4.74 Å². The van der Waals surface area contributed by atoms with Crippen LogP contribution in [-0.2, 0) is 6.54 Å². The number of nitrogens with zero attached hydrogens (tertiary/aromatic N) is 5. The summed E-state index contributed by atoms with van der Waals surface area (Å²) in [6.45, 7) is -0.276. The Balaban J connectivity index is 1.27. The normalized spacial score (nSPS) is 11.3. The van der Waals surface area contributed by atoms with Crippen LogP contribution in [0.4, 0.5) is 13.2 Å². The first kappa shape index (κ1) is 22.5. The zero-order chi connectivity index (χ0) is 25.5. The molecule has 0 unspecified atom stereocenters. The van der Waals surface area contributed by atoms with Gasteiger partial charge in [-0.25, -0.2) is 22.7 Å². The maximum absolute atomic E-state index is 14.2. The van der Waals surface area contributed by atoms with Gasteiger partial charge in [-0.2, -0.15) is 10.1 Å². The average Bonchev–Trinajstić information content (AvgIpc) is 3.32. The molecule has 0 fully saturated rings. The summed E-state index contributed by atoms with van der Waals surface area (Å²) < 4.78 is 50.6. The molecular formula is C27H16F3N5O2.